The van der Waals surface area contributed by atoms with Crippen LogP contribution in [0.3, 0.4) is 0 Å². The highest BCUT2D eigenvalue weighted by Gasteiger charge is 1.93. The van der Waals surface area contributed by atoms with Crippen LogP contribution in [-0.4, -0.2) is 5.11 Å². The highest BCUT2D eigenvalue weighted by molar-refractivity contribution is 5.52. The Labute approximate surface area is 66.0 Å². The molecule has 0 aliphatic rings. The van der Waals surface area contributed by atoms with Gasteiger partial charge in [-0.1, -0.05) is 6.07 Å². The number of hydrogen-bond donors (Lipinski definition) is 2. The predicted molar refractivity (Wildman–Crippen MR) is 46.1 cm³/mol. The number of aryl methyl sites for hydroxylation is 1. The van der Waals surface area contributed by atoms with Gasteiger partial charge < -0.3 is 10.8 Å². The summed E-state index contributed by atoms with van der Waals surface area (Å²) in [6.07, 6.45) is 3.26. The molecule has 2 nitrogen and oxygen atoms in total. The van der Waals surface area contributed by atoms with Crippen LogP contribution in [0.4, 0.5) is 0 Å². The lowest BCUT2D eigenvalue weighted by Gasteiger charge is -1.98. The molecule has 1 aromatic rings. The van der Waals surface area contributed by atoms with Crippen molar-refractivity contribution in [3.8, 4) is 5.75 Å². The summed E-state index contributed by atoms with van der Waals surface area (Å²) in [5.74, 6) is 0.319. The van der Waals surface area contributed by atoms with Gasteiger partial charge in [0.1, 0.15) is 5.75 Å². The van der Waals surface area contributed by atoms with Crippen molar-refractivity contribution in [3.63, 3.8) is 0 Å². The van der Waals surface area contributed by atoms with Crippen molar-refractivity contribution in [3.05, 3.63) is 35.5 Å². The summed E-state index contributed by atoms with van der Waals surface area (Å²) in [5.41, 5.74) is 7.07. The summed E-state index contributed by atoms with van der Waals surface area (Å²) in [6, 6.07) is 5.34. The van der Waals surface area contributed by atoms with Crippen LogP contribution in [0.2, 0.25) is 0 Å². The Bertz CT molecular complexity index is 279. The van der Waals surface area contributed by atoms with Crippen LogP contribution in [0, 0.1) is 6.92 Å². The first-order chi connectivity index (χ1) is 5.24. The van der Waals surface area contributed by atoms with Gasteiger partial charge in [0.25, 0.3) is 0 Å². The minimum atomic E-state index is 0.319. The zero-order chi connectivity index (χ0) is 8.27. The summed E-state index contributed by atoms with van der Waals surface area (Å²) in [4.78, 5) is 0. The van der Waals surface area contributed by atoms with E-state index in [4.69, 9.17) is 10.8 Å². The summed E-state index contributed by atoms with van der Waals surface area (Å²) >= 11 is 0. The van der Waals surface area contributed by atoms with E-state index >= 15 is 0 Å². The van der Waals surface area contributed by atoms with Crippen molar-refractivity contribution in [2.75, 3.05) is 0 Å². The lowest BCUT2D eigenvalue weighted by molar-refractivity contribution is 0.471. The molecule has 2 heteroatoms. The zero-order valence-corrected chi connectivity index (χ0v) is 6.41. The average molecular weight is 149 g/mol. The predicted octanol–water partition coefficient (Wildman–Crippen LogP) is 1.63. The largest absolute Gasteiger partial charge is 0.508 e. The molecule has 0 aliphatic carbocycles. The molecule has 0 aliphatic heterocycles. The molecule has 1 rings (SSSR count). The van der Waals surface area contributed by atoms with Crippen molar-refractivity contribution in [2.24, 2.45) is 5.73 Å². The Hall–Kier alpha value is -1.44. The second-order valence-electron chi connectivity index (χ2n) is 2.41. The zero-order valence-electron chi connectivity index (χ0n) is 6.41. The number of phenols is 1. The van der Waals surface area contributed by atoms with Gasteiger partial charge in [-0.05, 0) is 42.5 Å². The van der Waals surface area contributed by atoms with E-state index in [1.807, 2.05) is 19.1 Å². The smallest absolute Gasteiger partial charge is 0.118 e. The molecule has 0 saturated carbocycles. The first-order valence-electron chi connectivity index (χ1n) is 3.42. The normalized spacial score (nSPS) is 10.6. The Kier molecular flexibility index (Phi) is 2.16. The first kappa shape index (κ1) is 7.66. The number of benzene rings is 1. The van der Waals surface area contributed by atoms with Gasteiger partial charge in [0.2, 0.25) is 0 Å². The number of rotatable bonds is 1. The minimum absolute atomic E-state index is 0.319. The lowest BCUT2D eigenvalue weighted by atomic mass is 10.1. The van der Waals surface area contributed by atoms with Gasteiger partial charge >= 0.3 is 0 Å². The van der Waals surface area contributed by atoms with Gasteiger partial charge in [0, 0.05) is 0 Å². The molecule has 0 unspecified atom stereocenters. The second kappa shape index (κ2) is 3.10. The molecule has 0 fully saturated rings. The van der Waals surface area contributed by atoms with Gasteiger partial charge in [-0.3, -0.25) is 0 Å². The summed E-state index contributed by atoms with van der Waals surface area (Å²) in [5, 5.41) is 9.16. The Morgan fingerprint density at radius 2 is 2.18 bits per heavy atom. The molecule has 0 amide bonds. The summed E-state index contributed by atoms with van der Waals surface area (Å²) < 4.78 is 0. The van der Waals surface area contributed by atoms with Crippen molar-refractivity contribution in [1.82, 2.24) is 0 Å². The maximum Gasteiger partial charge on any atom is 0.118 e. The van der Waals surface area contributed by atoms with Crippen LogP contribution in [0.1, 0.15) is 11.1 Å². The monoisotopic (exact) mass is 149 g/mol. The standard InChI is InChI=1S/C9H11NO/c1-7-6-8(4-5-10)2-3-9(7)11/h2-6,11H,10H2,1H3/b5-4+. The number of aromatic hydroxyl groups is 1. The molecule has 0 saturated heterocycles. The van der Waals surface area contributed by atoms with Crippen LogP contribution >= 0.6 is 0 Å². The van der Waals surface area contributed by atoms with Gasteiger partial charge in [-0.2, -0.15) is 0 Å². The van der Waals surface area contributed by atoms with E-state index in [0.717, 1.165) is 11.1 Å². The third-order valence-electron chi connectivity index (χ3n) is 1.51. The van der Waals surface area contributed by atoms with E-state index in [1.54, 1.807) is 12.1 Å². The van der Waals surface area contributed by atoms with Gasteiger partial charge in [-0.25, -0.2) is 0 Å². The highest BCUT2D eigenvalue weighted by Crippen LogP contribution is 2.17. The van der Waals surface area contributed by atoms with Gasteiger partial charge in [0.15, 0.2) is 0 Å². The maximum atomic E-state index is 9.16. The maximum absolute atomic E-state index is 9.16. The summed E-state index contributed by atoms with van der Waals surface area (Å²) in [7, 11) is 0. The summed E-state index contributed by atoms with van der Waals surface area (Å²) in [6.45, 7) is 1.85. The van der Waals surface area contributed by atoms with Gasteiger partial charge in [0.05, 0.1) is 0 Å². The fourth-order valence-corrected chi connectivity index (χ4v) is 0.893. The van der Waals surface area contributed by atoms with Crippen LogP contribution in [0.15, 0.2) is 24.4 Å². The number of phenolic OH excluding ortho intramolecular Hbond substituents is 1. The number of nitrogens with two attached hydrogens (primary N) is 1. The van der Waals surface area contributed by atoms with Crippen molar-refractivity contribution < 1.29 is 5.11 Å². The molecule has 58 valence electrons. The van der Waals surface area contributed by atoms with Crippen molar-refractivity contribution in [1.29, 1.82) is 0 Å². The molecule has 0 bridgehead atoms. The van der Waals surface area contributed by atoms with Crippen molar-refractivity contribution >= 4 is 6.08 Å². The molecular formula is C9H11NO. The lowest BCUT2D eigenvalue weighted by Crippen LogP contribution is -1.79. The Morgan fingerprint density at radius 1 is 1.45 bits per heavy atom. The molecule has 1 aromatic carbocycles. The van der Waals surface area contributed by atoms with Crippen LogP contribution < -0.4 is 5.73 Å². The highest BCUT2D eigenvalue weighted by atomic mass is 16.3. The fourth-order valence-electron chi connectivity index (χ4n) is 0.893. The van der Waals surface area contributed by atoms with Crippen LogP contribution in [0.5, 0.6) is 5.75 Å². The molecule has 0 spiro atoms. The van der Waals surface area contributed by atoms with E-state index in [1.165, 1.54) is 6.20 Å². The molecule has 11 heavy (non-hydrogen) atoms. The fraction of sp³-hybridized carbons (Fsp3) is 0.111. The van der Waals surface area contributed by atoms with E-state index in [-0.39, 0.29) is 0 Å². The average Bonchev–Trinajstić information content (AvgIpc) is 1.98. The topological polar surface area (TPSA) is 46.2 Å². The Morgan fingerprint density at radius 3 is 2.73 bits per heavy atom. The third-order valence-corrected chi connectivity index (χ3v) is 1.51. The molecular weight excluding hydrogens is 138 g/mol. The minimum Gasteiger partial charge on any atom is -0.508 e. The van der Waals surface area contributed by atoms with Gasteiger partial charge in [-0.15, -0.1) is 0 Å². The molecule has 0 radical (unpaired) electrons. The molecule has 3 N–H and O–H groups in total. The quantitative estimate of drug-likeness (QED) is 0.637. The van der Waals surface area contributed by atoms with E-state index in [9.17, 15) is 0 Å². The molecule has 0 atom stereocenters. The molecule has 0 heterocycles. The number of hydrogen-bond acceptors (Lipinski definition) is 2. The Balaban J connectivity index is 3.05. The third kappa shape index (κ3) is 1.74. The van der Waals surface area contributed by atoms with Crippen molar-refractivity contribution in [2.45, 2.75) is 6.92 Å². The molecule has 0 aromatic heterocycles. The second-order valence-corrected chi connectivity index (χ2v) is 2.41. The van der Waals surface area contributed by atoms with Crippen LogP contribution in [-0.2, 0) is 0 Å². The SMILES string of the molecule is Cc1cc(/C=C/N)ccc1O. The first-order valence-corrected chi connectivity index (χ1v) is 3.42. The van der Waals surface area contributed by atoms with E-state index in [2.05, 4.69) is 0 Å². The van der Waals surface area contributed by atoms with Crippen LogP contribution in [0.25, 0.3) is 6.08 Å². The van der Waals surface area contributed by atoms with E-state index in [0.29, 0.717) is 5.75 Å². The van der Waals surface area contributed by atoms with E-state index < -0.39 is 0 Å².